The lowest BCUT2D eigenvalue weighted by Gasteiger charge is -2.32. The third-order valence-electron chi connectivity index (χ3n) is 5.95. The Labute approximate surface area is 124 Å². The lowest BCUT2D eigenvalue weighted by atomic mass is 9.79. The average Bonchev–Trinajstić information content (AvgIpc) is 3.05. The van der Waals surface area contributed by atoms with Crippen molar-refractivity contribution in [1.82, 2.24) is 0 Å². The summed E-state index contributed by atoms with van der Waals surface area (Å²) in [4.78, 5) is 0. The normalized spacial score (nSPS) is 39.6. The van der Waals surface area contributed by atoms with Crippen LogP contribution in [0.5, 0.6) is 0 Å². The molecule has 0 saturated heterocycles. The van der Waals surface area contributed by atoms with Crippen LogP contribution in [0.4, 0.5) is 5.69 Å². The lowest BCUT2D eigenvalue weighted by Crippen LogP contribution is -2.33. The molecule has 0 aliphatic heterocycles. The summed E-state index contributed by atoms with van der Waals surface area (Å²) in [5.41, 5.74) is 2.61. The summed E-state index contributed by atoms with van der Waals surface area (Å²) in [7, 11) is 0. The summed E-state index contributed by atoms with van der Waals surface area (Å²) in [5.74, 6) is 4.12. The first kappa shape index (κ1) is 12.3. The fraction of sp³-hybridized carbons (Fsp3) is 0.647. The molecule has 0 radical (unpaired) electrons. The first-order valence-corrected chi connectivity index (χ1v) is 8.54. The number of halogens is 1. The molecule has 102 valence electrons. The van der Waals surface area contributed by atoms with Crippen molar-refractivity contribution in [1.29, 1.82) is 0 Å². The number of anilines is 1. The van der Waals surface area contributed by atoms with Crippen molar-refractivity contribution in [3.63, 3.8) is 0 Å². The molecule has 2 bridgehead atoms. The number of rotatable bonds is 2. The summed E-state index contributed by atoms with van der Waals surface area (Å²) in [6.45, 7) is 2.15. The van der Waals surface area contributed by atoms with E-state index in [4.69, 9.17) is 0 Å². The van der Waals surface area contributed by atoms with Gasteiger partial charge in [-0.25, -0.2) is 0 Å². The van der Waals surface area contributed by atoms with Crippen LogP contribution in [-0.2, 0) is 0 Å². The Balaban J connectivity index is 1.51. The second-order valence-electron chi connectivity index (χ2n) is 6.87. The zero-order valence-electron chi connectivity index (χ0n) is 11.5. The summed E-state index contributed by atoms with van der Waals surface area (Å²) >= 11 is 3.64. The predicted octanol–water partition coefficient (Wildman–Crippen LogP) is 4.99. The van der Waals surface area contributed by atoms with E-state index in [2.05, 4.69) is 46.4 Å². The van der Waals surface area contributed by atoms with Gasteiger partial charge >= 0.3 is 0 Å². The molecule has 2 heteroatoms. The van der Waals surface area contributed by atoms with Gasteiger partial charge < -0.3 is 5.32 Å². The molecular formula is C17H22BrN. The topological polar surface area (TPSA) is 12.0 Å². The molecule has 5 unspecified atom stereocenters. The molecule has 5 atom stereocenters. The van der Waals surface area contributed by atoms with Gasteiger partial charge in [0.15, 0.2) is 0 Å². The monoisotopic (exact) mass is 319 g/mol. The van der Waals surface area contributed by atoms with Gasteiger partial charge in [0, 0.05) is 16.2 Å². The second-order valence-corrected chi connectivity index (χ2v) is 7.72. The van der Waals surface area contributed by atoms with Gasteiger partial charge in [-0.2, -0.15) is 0 Å². The zero-order chi connectivity index (χ0) is 13.0. The van der Waals surface area contributed by atoms with Crippen LogP contribution >= 0.6 is 15.9 Å². The molecule has 0 amide bonds. The predicted molar refractivity (Wildman–Crippen MR) is 83.3 cm³/mol. The van der Waals surface area contributed by atoms with Crippen molar-refractivity contribution < 1.29 is 0 Å². The van der Waals surface area contributed by atoms with Gasteiger partial charge in [0.05, 0.1) is 0 Å². The molecular weight excluding hydrogens is 298 g/mol. The lowest BCUT2D eigenvalue weighted by molar-refractivity contribution is 0.243. The van der Waals surface area contributed by atoms with E-state index < -0.39 is 0 Å². The quantitative estimate of drug-likeness (QED) is 0.809. The van der Waals surface area contributed by atoms with Gasteiger partial charge in [0.2, 0.25) is 0 Å². The Morgan fingerprint density at radius 2 is 1.95 bits per heavy atom. The molecule has 4 rings (SSSR count). The van der Waals surface area contributed by atoms with Gasteiger partial charge in [-0.1, -0.05) is 28.4 Å². The minimum Gasteiger partial charge on any atom is -0.382 e. The van der Waals surface area contributed by atoms with E-state index in [0.717, 1.165) is 29.7 Å². The molecule has 3 aliphatic rings. The number of hydrogen-bond donors (Lipinski definition) is 1. The number of aryl methyl sites for hydroxylation is 1. The van der Waals surface area contributed by atoms with Crippen LogP contribution < -0.4 is 5.32 Å². The molecule has 1 aromatic carbocycles. The molecule has 1 N–H and O–H groups in total. The van der Waals surface area contributed by atoms with Gasteiger partial charge in [-0.3, -0.25) is 0 Å². The fourth-order valence-corrected chi connectivity index (χ4v) is 5.51. The minimum atomic E-state index is 0.735. The zero-order valence-corrected chi connectivity index (χ0v) is 13.1. The molecule has 0 heterocycles. The van der Waals surface area contributed by atoms with E-state index in [0.29, 0.717) is 0 Å². The average molecular weight is 320 g/mol. The van der Waals surface area contributed by atoms with Crippen molar-refractivity contribution in [2.75, 3.05) is 5.32 Å². The van der Waals surface area contributed by atoms with E-state index in [9.17, 15) is 0 Å². The molecule has 0 spiro atoms. The van der Waals surface area contributed by atoms with E-state index in [1.165, 1.54) is 47.8 Å². The van der Waals surface area contributed by atoms with Crippen molar-refractivity contribution >= 4 is 21.6 Å². The molecule has 1 aromatic rings. The third-order valence-corrected chi connectivity index (χ3v) is 6.81. The molecule has 0 aromatic heterocycles. The van der Waals surface area contributed by atoms with Crippen LogP contribution in [0.2, 0.25) is 0 Å². The summed E-state index contributed by atoms with van der Waals surface area (Å²) in [6, 6.07) is 7.42. The number of hydrogen-bond acceptors (Lipinski definition) is 1. The van der Waals surface area contributed by atoms with Crippen molar-refractivity contribution in [3.8, 4) is 0 Å². The number of benzene rings is 1. The van der Waals surface area contributed by atoms with E-state index in [1.54, 1.807) is 0 Å². The summed E-state index contributed by atoms with van der Waals surface area (Å²) in [6.07, 6.45) is 7.43. The molecule has 19 heavy (non-hydrogen) atoms. The largest absolute Gasteiger partial charge is 0.382 e. The number of nitrogens with one attached hydrogen (secondary N) is 1. The minimum absolute atomic E-state index is 0.735. The van der Waals surface area contributed by atoms with Crippen LogP contribution in [0.25, 0.3) is 0 Å². The maximum atomic E-state index is 3.82. The van der Waals surface area contributed by atoms with Crippen molar-refractivity contribution in [3.05, 3.63) is 28.2 Å². The van der Waals surface area contributed by atoms with Crippen molar-refractivity contribution in [2.24, 2.45) is 23.7 Å². The van der Waals surface area contributed by atoms with E-state index in [1.807, 2.05) is 0 Å². The molecule has 3 fully saturated rings. The first-order valence-electron chi connectivity index (χ1n) is 7.75. The van der Waals surface area contributed by atoms with Gasteiger partial charge in [0.1, 0.15) is 0 Å². The highest BCUT2D eigenvalue weighted by molar-refractivity contribution is 9.10. The highest BCUT2D eigenvalue weighted by Gasteiger charge is 2.53. The molecule has 3 aliphatic carbocycles. The maximum Gasteiger partial charge on any atom is 0.0353 e. The van der Waals surface area contributed by atoms with Crippen LogP contribution in [-0.4, -0.2) is 6.04 Å². The second kappa shape index (κ2) is 4.51. The van der Waals surface area contributed by atoms with Crippen LogP contribution in [0, 0.1) is 30.6 Å². The Bertz CT molecular complexity index is 498. The van der Waals surface area contributed by atoms with Gasteiger partial charge in [-0.05, 0) is 74.0 Å². The third kappa shape index (κ3) is 1.94. The van der Waals surface area contributed by atoms with Gasteiger partial charge in [-0.15, -0.1) is 0 Å². The number of fused-ring (bicyclic) bond motifs is 5. The Morgan fingerprint density at radius 1 is 1.11 bits per heavy atom. The van der Waals surface area contributed by atoms with Crippen molar-refractivity contribution in [2.45, 2.75) is 45.1 Å². The molecule has 1 nitrogen and oxygen atoms in total. The Morgan fingerprint density at radius 3 is 2.79 bits per heavy atom. The SMILES string of the molecule is Cc1ccc(NC2CC3CC2C2CCCC32)cc1Br. The first-order chi connectivity index (χ1) is 9.22. The van der Waals surface area contributed by atoms with Gasteiger partial charge in [0.25, 0.3) is 0 Å². The summed E-state index contributed by atoms with van der Waals surface area (Å²) < 4.78 is 1.22. The standard InChI is InChI=1S/C17H22BrN/c1-10-5-6-12(9-16(10)18)19-17-8-11-7-15(17)14-4-2-3-13(11)14/h5-6,9,11,13-15,17,19H,2-4,7-8H2,1H3. The highest BCUT2D eigenvalue weighted by atomic mass is 79.9. The highest BCUT2D eigenvalue weighted by Crippen LogP contribution is 2.59. The Hall–Kier alpha value is -0.500. The van der Waals surface area contributed by atoms with E-state index >= 15 is 0 Å². The smallest absolute Gasteiger partial charge is 0.0353 e. The van der Waals surface area contributed by atoms with Crippen LogP contribution in [0.15, 0.2) is 22.7 Å². The molecule has 3 saturated carbocycles. The Kier molecular flexibility index (Phi) is 2.91. The van der Waals surface area contributed by atoms with Crippen LogP contribution in [0.3, 0.4) is 0 Å². The fourth-order valence-electron chi connectivity index (χ4n) is 5.13. The summed E-state index contributed by atoms with van der Waals surface area (Å²) in [5, 5.41) is 3.82. The maximum absolute atomic E-state index is 3.82. The van der Waals surface area contributed by atoms with Crippen LogP contribution in [0.1, 0.15) is 37.7 Å². The van der Waals surface area contributed by atoms with E-state index in [-0.39, 0.29) is 0 Å².